The van der Waals surface area contributed by atoms with Crippen LogP contribution >= 0.6 is 0 Å². The molecule has 1 atom stereocenters. The van der Waals surface area contributed by atoms with Gasteiger partial charge in [0.15, 0.2) is 5.82 Å². The Hall–Kier alpha value is -3.30. The van der Waals surface area contributed by atoms with Crippen LogP contribution in [0, 0.1) is 6.92 Å². The van der Waals surface area contributed by atoms with Gasteiger partial charge >= 0.3 is 0 Å². The van der Waals surface area contributed by atoms with E-state index in [0.29, 0.717) is 11.5 Å². The summed E-state index contributed by atoms with van der Waals surface area (Å²) in [6, 6.07) is 14.3. The lowest BCUT2D eigenvalue weighted by atomic mass is 10.2. The third kappa shape index (κ3) is 5.94. The molecule has 1 aromatic heterocycles. The Morgan fingerprint density at radius 2 is 1.30 bits per heavy atom. The minimum Gasteiger partial charge on any atom is -0.497 e. The molecular formula is C24H27N3O5S. The van der Waals surface area contributed by atoms with Crippen LogP contribution in [0.4, 0.5) is 0 Å². The molecule has 0 aliphatic carbocycles. The Labute approximate surface area is 194 Å². The molecule has 33 heavy (non-hydrogen) atoms. The average Bonchev–Trinajstić information content (AvgIpc) is 2.84. The molecule has 0 radical (unpaired) electrons. The van der Waals surface area contributed by atoms with Crippen molar-refractivity contribution in [3.05, 3.63) is 83.4 Å². The predicted octanol–water partition coefficient (Wildman–Crippen LogP) is 3.41. The van der Waals surface area contributed by atoms with Crippen LogP contribution in [-0.2, 0) is 23.1 Å². The van der Waals surface area contributed by atoms with Crippen molar-refractivity contribution in [2.24, 2.45) is 0 Å². The second-order valence-corrected chi connectivity index (χ2v) is 9.85. The summed E-state index contributed by atoms with van der Waals surface area (Å²) in [6.45, 7) is 3.34. The van der Waals surface area contributed by atoms with Gasteiger partial charge in [0.05, 0.1) is 14.2 Å². The highest BCUT2D eigenvalue weighted by molar-refractivity contribution is 7.90. The van der Waals surface area contributed by atoms with Crippen molar-refractivity contribution in [2.75, 3.05) is 14.2 Å². The maximum atomic E-state index is 13.6. The van der Waals surface area contributed by atoms with Gasteiger partial charge < -0.3 is 9.47 Å². The standard InChI is InChI=1S/C24H27N3O5S/c1-17-13-25-24(26-14-17)23(28)18(2)33(29,30)27(15-19-5-9-21(31-3)10-6-19)16-20-7-11-22(32-4)12-8-20/h5-14,18H,15-16H2,1-4H3/t18-/m1/s1. The molecule has 9 heteroatoms. The molecule has 0 N–H and O–H groups in total. The van der Waals surface area contributed by atoms with E-state index in [-0.39, 0.29) is 18.9 Å². The van der Waals surface area contributed by atoms with E-state index in [2.05, 4.69) is 9.97 Å². The summed E-state index contributed by atoms with van der Waals surface area (Å²) in [4.78, 5) is 20.9. The van der Waals surface area contributed by atoms with E-state index in [1.165, 1.54) is 23.6 Å². The number of sulfonamides is 1. The lowest BCUT2D eigenvalue weighted by Crippen LogP contribution is -2.41. The molecule has 0 saturated carbocycles. The molecule has 0 spiro atoms. The van der Waals surface area contributed by atoms with Crippen LogP contribution in [0.15, 0.2) is 60.9 Å². The van der Waals surface area contributed by atoms with Crippen molar-refractivity contribution < 1.29 is 22.7 Å². The fraction of sp³-hybridized carbons (Fsp3) is 0.292. The van der Waals surface area contributed by atoms with Gasteiger partial charge in [-0.1, -0.05) is 24.3 Å². The zero-order valence-electron chi connectivity index (χ0n) is 19.1. The molecule has 0 aliphatic rings. The van der Waals surface area contributed by atoms with Gasteiger partial charge in [0, 0.05) is 25.5 Å². The number of Topliss-reactive ketones (excluding diaryl/α,β-unsaturated/α-hetero) is 1. The number of ketones is 1. The monoisotopic (exact) mass is 469 g/mol. The van der Waals surface area contributed by atoms with E-state index in [1.807, 2.05) is 0 Å². The Bertz CT molecular complexity index is 1130. The number of carbonyl (C=O) groups excluding carboxylic acids is 1. The van der Waals surface area contributed by atoms with E-state index >= 15 is 0 Å². The SMILES string of the molecule is COc1ccc(CN(Cc2ccc(OC)cc2)S(=O)(=O)[C@H](C)C(=O)c2ncc(C)cn2)cc1. The van der Waals surface area contributed by atoms with Crippen molar-refractivity contribution in [2.45, 2.75) is 32.2 Å². The second-order valence-electron chi connectivity index (χ2n) is 7.60. The first-order chi connectivity index (χ1) is 15.7. The van der Waals surface area contributed by atoms with Gasteiger partial charge in [0.1, 0.15) is 16.7 Å². The Balaban J connectivity index is 1.91. The lowest BCUT2D eigenvalue weighted by Gasteiger charge is -2.25. The second kappa shape index (κ2) is 10.5. The maximum Gasteiger partial charge on any atom is 0.224 e. The van der Waals surface area contributed by atoms with Crippen LogP contribution in [-0.4, -0.2) is 47.9 Å². The molecule has 0 fully saturated rings. The van der Waals surface area contributed by atoms with Crippen LogP contribution in [0.3, 0.4) is 0 Å². The van der Waals surface area contributed by atoms with Crippen molar-refractivity contribution in [1.29, 1.82) is 0 Å². The normalized spacial score (nSPS) is 12.4. The highest BCUT2D eigenvalue weighted by atomic mass is 32.2. The Morgan fingerprint density at radius 3 is 1.70 bits per heavy atom. The quantitative estimate of drug-likeness (QED) is 0.420. The van der Waals surface area contributed by atoms with Crippen molar-refractivity contribution in [1.82, 2.24) is 14.3 Å². The van der Waals surface area contributed by atoms with Gasteiger partial charge in [-0.25, -0.2) is 18.4 Å². The van der Waals surface area contributed by atoms with Crippen LogP contribution in [0.2, 0.25) is 0 Å². The summed E-state index contributed by atoms with van der Waals surface area (Å²) in [5, 5.41) is -1.35. The molecule has 0 aliphatic heterocycles. The number of hydrogen-bond acceptors (Lipinski definition) is 7. The molecule has 3 rings (SSSR count). The molecule has 1 heterocycles. The molecule has 0 bridgehead atoms. The van der Waals surface area contributed by atoms with Crippen LogP contribution in [0.1, 0.15) is 34.2 Å². The van der Waals surface area contributed by atoms with Gasteiger partial charge in [-0.2, -0.15) is 4.31 Å². The largest absolute Gasteiger partial charge is 0.497 e. The predicted molar refractivity (Wildman–Crippen MR) is 125 cm³/mol. The number of carbonyl (C=O) groups is 1. The number of nitrogens with zero attached hydrogens (tertiary/aromatic N) is 3. The number of aromatic nitrogens is 2. The highest BCUT2D eigenvalue weighted by Crippen LogP contribution is 2.22. The van der Waals surface area contributed by atoms with E-state index < -0.39 is 21.1 Å². The van der Waals surface area contributed by atoms with Gasteiger partial charge in [0.2, 0.25) is 15.8 Å². The van der Waals surface area contributed by atoms with Crippen molar-refractivity contribution in [3.8, 4) is 11.5 Å². The van der Waals surface area contributed by atoms with Gasteiger partial charge in [-0.3, -0.25) is 4.79 Å². The van der Waals surface area contributed by atoms with Crippen LogP contribution in [0.25, 0.3) is 0 Å². The summed E-state index contributed by atoms with van der Waals surface area (Å²) in [5.41, 5.74) is 2.31. The summed E-state index contributed by atoms with van der Waals surface area (Å²) in [5.74, 6) is 0.571. The molecule has 0 amide bonds. The maximum absolute atomic E-state index is 13.6. The van der Waals surface area contributed by atoms with Gasteiger partial charge in [-0.05, 0) is 54.8 Å². The molecule has 0 unspecified atom stereocenters. The Kier molecular flexibility index (Phi) is 7.78. The third-order valence-electron chi connectivity index (χ3n) is 5.21. The summed E-state index contributed by atoms with van der Waals surface area (Å²) >= 11 is 0. The summed E-state index contributed by atoms with van der Waals surface area (Å²) < 4.78 is 38.8. The summed E-state index contributed by atoms with van der Waals surface area (Å²) in [6.07, 6.45) is 2.98. The van der Waals surface area contributed by atoms with Crippen LogP contribution < -0.4 is 9.47 Å². The Morgan fingerprint density at radius 1 is 0.879 bits per heavy atom. The molecular weight excluding hydrogens is 442 g/mol. The highest BCUT2D eigenvalue weighted by Gasteiger charge is 2.35. The number of aryl methyl sites for hydroxylation is 1. The molecule has 8 nitrogen and oxygen atoms in total. The number of ether oxygens (including phenoxy) is 2. The average molecular weight is 470 g/mol. The van der Waals surface area contributed by atoms with E-state index in [0.717, 1.165) is 16.7 Å². The first kappa shape index (κ1) is 24.3. The van der Waals surface area contributed by atoms with Gasteiger partial charge in [-0.15, -0.1) is 0 Å². The topological polar surface area (TPSA) is 98.7 Å². The fourth-order valence-corrected chi connectivity index (χ4v) is 4.65. The molecule has 174 valence electrons. The smallest absolute Gasteiger partial charge is 0.224 e. The van der Waals surface area contributed by atoms with E-state index in [9.17, 15) is 13.2 Å². The lowest BCUT2D eigenvalue weighted by molar-refractivity contribution is 0.0979. The third-order valence-corrected chi connectivity index (χ3v) is 7.30. The van der Waals surface area contributed by atoms with Crippen molar-refractivity contribution in [3.63, 3.8) is 0 Å². The molecule has 0 saturated heterocycles. The van der Waals surface area contributed by atoms with Crippen LogP contribution in [0.5, 0.6) is 11.5 Å². The molecule has 2 aromatic carbocycles. The minimum absolute atomic E-state index is 0.0880. The first-order valence-corrected chi connectivity index (χ1v) is 11.8. The van der Waals surface area contributed by atoms with E-state index in [4.69, 9.17) is 9.47 Å². The minimum atomic E-state index is -4.05. The van der Waals surface area contributed by atoms with Crippen molar-refractivity contribution >= 4 is 15.8 Å². The first-order valence-electron chi connectivity index (χ1n) is 10.3. The number of rotatable bonds is 10. The fourth-order valence-electron chi connectivity index (χ4n) is 3.17. The molecule has 3 aromatic rings. The van der Waals surface area contributed by atoms with E-state index in [1.54, 1.807) is 69.7 Å². The zero-order chi connectivity index (χ0) is 24.0. The summed E-state index contributed by atoms with van der Waals surface area (Å²) in [7, 11) is -0.914. The number of hydrogen-bond donors (Lipinski definition) is 0. The van der Waals surface area contributed by atoms with Gasteiger partial charge in [0.25, 0.3) is 0 Å². The number of benzene rings is 2. The number of methoxy groups -OCH3 is 2. The zero-order valence-corrected chi connectivity index (χ0v) is 19.9.